The lowest BCUT2D eigenvalue weighted by Gasteiger charge is -2.07. The molecule has 1 aromatic rings. The van der Waals surface area contributed by atoms with Gasteiger partial charge in [0.05, 0.1) is 22.9 Å². The van der Waals surface area contributed by atoms with Gasteiger partial charge in [-0.25, -0.2) is 8.42 Å². The van der Waals surface area contributed by atoms with Crippen molar-refractivity contribution in [2.45, 2.75) is 23.0 Å². The maximum absolute atomic E-state index is 11.8. The summed E-state index contributed by atoms with van der Waals surface area (Å²) < 4.78 is 28.7. The van der Waals surface area contributed by atoms with Gasteiger partial charge in [0.1, 0.15) is 5.75 Å². The van der Waals surface area contributed by atoms with Gasteiger partial charge in [-0.05, 0) is 31.0 Å². The highest BCUT2D eigenvalue weighted by Crippen LogP contribution is 2.35. The quantitative estimate of drug-likeness (QED) is 0.788. The number of nitrogens with two attached hydrogens (primary N) is 1. The number of nitrogen functional groups attached to an aromatic ring is 1. The third-order valence-corrected chi connectivity index (χ3v) is 4.75. The van der Waals surface area contributed by atoms with E-state index in [0.29, 0.717) is 16.3 Å². The molecule has 15 heavy (non-hydrogen) atoms. The Bertz CT molecular complexity index is 477. The van der Waals surface area contributed by atoms with Crippen LogP contribution in [0.3, 0.4) is 0 Å². The zero-order chi connectivity index (χ0) is 11.1. The molecular formula is C10H13NO3S. The summed E-state index contributed by atoms with van der Waals surface area (Å²) in [6, 6.07) is 4.60. The van der Waals surface area contributed by atoms with Crippen molar-refractivity contribution in [1.29, 1.82) is 0 Å². The molecule has 1 aliphatic rings. The molecule has 4 nitrogen and oxygen atoms in total. The summed E-state index contributed by atoms with van der Waals surface area (Å²) in [7, 11) is -1.65. The van der Waals surface area contributed by atoms with Gasteiger partial charge in [0.15, 0.2) is 9.84 Å². The third kappa shape index (κ3) is 1.79. The van der Waals surface area contributed by atoms with Gasteiger partial charge in [0, 0.05) is 0 Å². The van der Waals surface area contributed by atoms with Gasteiger partial charge in [-0.1, -0.05) is 0 Å². The maximum Gasteiger partial charge on any atom is 0.181 e. The Hall–Kier alpha value is -1.23. The largest absolute Gasteiger partial charge is 0.495 e. The molecule has 0 spiro atoms. The van der Waals surface area contributed by atoms with Gasteiger partial charge in [-0.3, -0.25) is 0 Å². The Balaban J connectivity index is 2.42. The lowest BCUT2D eigenvalue weighted by atomic mass is 10.3. The van der Waals surface area contributed by atoms with Crippen molar-refractivity contribution >= 4 is 15.5 Å². The van der Waals surface area contributed by atoms with Crippen LogP contribution < -0.4 is 10.5 Å². The Morgan fingerprint density at radius 2 is 2.07 bits per heavy atom. The lowest BCUT2D eigenvalue weighted by molar-refractivity contribution is 0.416. The number of ether oxygens (including phenoxy) is 1. The fraction of sp³-hybridized carbons (Fsp3) is 0.400. The number of benzene rings is 1. The van der Waals surface area contributed by atoms with Crippen LogP contribution in [0.15, 0.2) is 23.1 Å². The molecule has 0 saturated heterocycles. The van der Waals surface area contributed by atoms with Gasteiger partial charge in [0.2, 0.25) is 0 Å². The predicted octanol–water partition coefficient (Wildman–Crippen LogP) is 1.21. The Labute approximate surface area is 89.0 Å². The van der Waals surface area contributed by atoms with E-state index >= 15 is 0 Å². The van der Waals surface area contributed by atoms with Crippen LogP contribution in [-0.2, 0) is 9.84 Å². The van der Waals surface area contributed by atoms with Crippen LogP contribution >= 0.6 is 0 Å². The fourth-order valence-corrected chi connectivity index (χ4v) is 3.15. The van der Waals surface area contributed by atoms with Crippen LogP contribution in [0.4, 0.5) is 5.69 Å². The maximum atomic E-state index is 11.8. The summed E-state index contributed by atoms with van der Waals surface area (Å²) in [5.74, 6) is 0.504. The van der Waals surface area contributed by atoms with Crippen molar-refractivity contribution in [2.24, 2.45) is 0 Å². The summed E-state index contributed by atoms with van der Waals surface area (Å²) >= 11 is 0. The molecule has 82 valence electrons. The third-order valence-electron chi connectivity index (χ3n) is 2.49. The molecule has 0 atom stereocenters. The summed E-state index contributed by atoms with van der Waals surface area (Å²) in [6.07, 6.45) is 1.52. The van der Waals surface area contributed by atoms with E-state index in [2.05, 4.69) is 0 Å². The number of sulfone groups is 1. The van der Waals surface area contributed by atoms with Crippen LogP contribution in [-0.4, -0.2) is 20.8 Å². The zero-order valence-corrected chi connectivity index (χ0v) is 9.25. The summed E-state index contributed by atoms with van der Waals surface area (Å²) in [6.45, 7) is 0. The topological polar surface area (TPSA) is 69.4 Å². The number of anilines is 1. The van der Waals surface area contributed by atoms with Gasteiger partial charge >= 0.3 is 0 Å². The monoisotopic (exact) mass is 227 g/mol. The lowest BCUT2D eigenvalue weighted by Crippen LogP contribution is -2.07. The van der Waals surface area contributed by atoms with E-state index in [0.717, 1.165) is 12.8 Å². The molecular weight excluding hydrogens is 214 g/mol. The van der Waals surface area contributed by atoms with Gasteiger partial charge in [-0.15, -0.1) is 0 Å². The van der Waals surface area contributed by atoms with Crippen molar-refractivity contribution in [2.75, 3.05) is 12.8 Å². The van der Waals surface area contributed by atoms with E-state index in [1.807, 2.05) is 0 Å². The fourth-order valence-electron chi connectivity index (χ4n) is 1.46. The van der Waals surface area contributed by atoms with Crippen molar-refractivity contribution in [3.05, 3.63) is 18.2 Å². The van der Waals surface area contributed by atoms with Crippen molar-refractivity contribution < 1.29 is 13.2 Å². The second-order valence-electron chi connectivity index (χ2n) is 3.65. The first-order chi connectivity index (χ1) is 7.05. The molecule has 2 rings (SSSR count). The highest BCUT2D eigenvalue weighted by atomic mass is 32.2. The van der Waals surface area contributed by atoms with Crippen molar-refractivity contribution in [1.82, 2.24) is 0 Å². The van der Waals surface area contributed by atoms with Gasteiger partial charge in [0.25, 0.3) is 0 Å². The normalized spacial score (nSPS) is 16.3. The molecule has 1 saturated carbocycles. The van der Waals surface area contributed by atoms with Crippen molar-refractivity contribution in [3.63, 3.8) is 0 Å². The predicted molar refractivity (Wildman–Crippen MR) is 57.6 cm³/mol. The van der Waals surface area contributed by atoms with Crippen LogP contribution in [0.2, 0.25) is 0 Å². The second-order valence-corrected chi connectivity index (χ2v) is 5.88. The minimum atomic E-state index is -3.15. The number of rotatable bonds is 3. The Morgan fingerprint density at radius 3 is 2.53 bits per heavy atom. The molecule has 0 aliphatic heterocycles. The first kappa shape index (κ1) is 10.3. The molecule has 5 heteroatoms. The van der Waals surface area contributed by atoms with E-state index in [4.69, 9.17) is 10.5 Å². The number of hydrogen-bond acceptors (Lipinski definition) is 4. The first-order valence-corrected chi connectivity index (χ1v) is 6.28. The minimum Gasteiger partial charge on any atom is -0.495 e. The zero-order valence-electron chi connectivity index (χ0n) is 8.43. The van der Waals surface area contributed by atoms with E-state index < -0.39 is 9.84 Å². The molecule has 1 fully saturated rings. The average Bonchev–Trinajstić information content (AvgIpc) is 3.00. The van der Waals surface area contributed by atoms with E-state index in [-0.39, 0.29) is 5.25 Å². The van der Waals surface area contributed by atoms with Crippen LogP contribution in [0.25, 0.3) is 0 Å². The van der Waals surface area contributed by atoms with Crippen LogP contribution in [0.5, 0.6) is 5.75 Å². The molecule has 1 aliphatic carbocycles. The molecule has 0 amide bonds. The SMILES string of the molecule is COc1ccc(S(=O)(=O)C2CC2)cc1N. The van der Waals surface area contributed by atoms with E-state index in [1.54, 1.807) is 12.1 Å². The number of hydrogen-bond donors (Lipinski definition) is 1. The molecule has 0 radical (unpaired) electrons. The average molecular weight is 227 g/mol. The minimum absolute atomic E-state index is 0.203. The summed E-state index contributed by atoms with van der Waals surface area (Å²) in [5.41, 5.74) is 6.02. The molecule has 2 N–H and O–H groups in total. The Kier molecular flexibility index (Phi) is 2.34. The highest BCUT2D eigenvalue weighted by Gasteiger charge is 2.36. The molecule has 1 aromatic carbocycles. The molecule has 0 aromatic heterocycles. The van der Waals surface area contributed by atoms with Crippen LogP contribution in [0, 0.1) is 0 Å². The molecule has 0 unspecified atom stereocenters. The van der Waals surface area contributed by atoms with Crippen LogP contribution in [0.1, 0.15) is 12.8 Å². The summed E-state index contributed by atoms with van der Waals surface area (Å²) in [4.78, 5) is 0.295. The first-order valence-electron chi connectivity index (χ1n) is 4.73. The second kappa shape index (κ2) is 3.41. The van der Waals surface area contributed by atoms with Gasteiger partial charge < -0.3 is 10.5 Å². The molecule has 0 bridgehead atoms. The van der Waals surface area contributed by atoms with Crippen molar-refractivity contribution in [3.8, 4) is 5.75 Å². The van der Waals surface area contributed by atoms with Gasteiger partial charge in [-0.2, -0.15) is 0 Å². The highest BCUT2D eigenvalue weighted by molar-refractivity contribution is 7.92. The number of methoxy groups -OCH3 is 1. The standard InChI is InChI=1S/C10H13NO3S/c1-14-10-5-4-8(6-9(10)11)15(12,13)7-2-3-7/h4-7H,2-3,11H2,1H3. The van der Waals surface area contributed by atoms with E-state index in [1.165, 1.54) is 13.2 Å². The summed E-state index contributed by atoms with van der Waals surface area (Å²) in [5, 5.41) is -0.203. The Morgan fingerprint density at radius 1 is 1.40 bits per heavy atom. The smallest absolute Gasteiger partial charge is 0.181 e. The van der Waals surface area contributed by atoms with E-state index in [9.17, 15) is 8.42 Å². The molecule has 0 heterocycles.